The molecule has 1 saturated heterocycles. The molecule has 0 bridgehead atoms. The van der Waals surface area contributed by atoms with Crippen LogP contribution in [0.1, 0.15) is 19.3 Å². The number of thioether (sulfide) groups is 1. The molecule has 0 aliphatic carbocycles. The molecule has 5 N–H and O–H groups in total. The van der Waals surface area contributed by atoms with Gasteiger partial charge in [0.2, 0.25) is 0 Å². The average Bonchev–Trinajstić information content (AvgIpc) is 2.52. The molecule has 0 aromatic carbocycles. The Morgan fingerprint density at radius 3 is 2.32 bits per heavy atom. The summed E-state index contributed by atoms with van der Waals surface area (Å²) in [6, 6.07) is 0. The van der Waals surface area contributed by atoms with Crippen molar-refractivity contribution in [2.24, 2.45) is 5.16 Å². The first-order valence-corrected chi connectivity index (χ1v) is 9.20. The number of unbranched alkanes of at least 4 members (excludes halogenated alkanes) is 1. The van der Waals surface area contributed by atoms with Crippen molar-refractivity contribution in [3.05, 3.63) is 0 Å². The quantitative estimate of drug-likeness (QED) is 0.0470. The third kappa shape index (κ3) is 9.24. The Morgan fingerprint density at radius 1 is 1.16 bits per heavy atom. The van der Waals surface area contributed by atoms with Gasteiger partial charge < -0.3 is 34.8 Å². The number of ether oxygens (including phenoxy) is 1. The van der Waals surface area contributed by atoms with Crippen molar-refractivity contribution in [3.63, 3.8) is 0 Å². The molecule has 0 unspecified atom stereocenters. The molecule has 0 aromatic heterocycles. The van der Waals surface area contributed by atoms with E-state index in [0.29, 0.717) is 24.6 Å². The molecule has 5 atom stereocenters. The van der Waals surface area contributed by atoms with Crippen LogP contribution in [0.2, 0.25) is 0 Å². The largest absolute Gasteiger partial charge is 1.00 e. The van der Waals surface area contributed by atoms with Crippen molar-refractivity contribution in [1.29, 1.82) is 0 Å². The van der Waals surface area contributed by atoms with Crippen molar-refractivity contribution in [1.82, 2.24) is 0 Å². The monoisotopic (exact) mass is 429 g/mol. The molecular weight excluding hydrogens is 409 g/mol. The fourth-order valence-corrected chi connectivity index (χ4v) is 3.24. The molecule has 11 nitrogen and oxygen atoms in total. The van der Waals surface area contributed by atoms with E-state index in [4.69, 9.17) is 14.9 Å². The second kappa shape index (κ2) is 12.6. The predicted octanol–water partition coefficient (Wildman–Crippen LogP) is -5.52. The summed E-state index contributed by atoms with van der Waals surface area (Å²) in [4.78, 5) is 0. The summed E-state index contributed by atoms with van der Waals surface area (Å²) < 4.78 is 40.5. The standard InChI is InChI=1S/C11H21NO10S2.K/c13-4-2-1-3-7(12-22-24(18,19)20)23-11-10(17)9(16)8(15)6(5-14)21-11;/h6,8-11,13-17H,1-5H2,(H,18,19,20);/q;+1/p-1/b12-7-;/t6-,8-,9+,10-,11+;/m1./s1. The summed E-state index contributed by atoms with van der Waals surface area (Å²) >= 11 is 0.675. The maximum atomic E-state index is 10.5. The normalized spacial score (nSPS) is 30.6. The SMILES string of the molecule is O=S(=O)([O-])O/N=C(/CCCCO)S[C@@H]1O[C@H](CO)[C@@H](O)[C@H](O)[C@H]1O.[K+]. The molecule has 1 fully saturated rings. The topological polar surface area (TPSA) is 189 Å². The van der Waals surface area contributed by atoms with Gasteiger partial charge in [0.1, 0.15) is 34.9 Å². The Kier molecular flexibility index (Phi) is 13.1. The molecule has 1 heterocycles. The molecule has 1 rings (SSSR count). The zero-order chi connectivity index (χ0) is 18.3. The molecule has 14 heteroatoms. The van der Waals surface area contributed by atoms with Crippen molar-refractivity contribution in [2.75, 3.05) is 13.2 Å². The van der Waals surface area contributed by atoms with Crippen molar-refractivity contribution in [2.45, 2.75) is 49.1 Å². The van der Waals surface area contributed by atoms with Crippen LogP contribution in [0.5, 0.6) is 0 Å². The number of hydrogen-bond acceptors (Lipinski definition) is 12. The molecule has 0 spiro atoms. The van der Waals surface area contributed by atoms with E-state index >= 15 is 0 Å². The first kappa shape index (κ1) is 26.1. The Balaban J connectivity index is 0.00000576. The van der Waals surface area contributed by atoms with Gasteiger partial charge in [0.05, 0.1) is 6.61 Å². The van der Waals surface area contributed by atoms with Crippen LogP contribution in [-0.4, -0.2) is 86.6 Å². The smallest absolute Gasteiger partial charge is 0.714 e. The van der Waals surface area contributed by atoms with E-state index in [2.05, 4.69) is 9.44 Å². The van der Waals surface area contributed by atoms with E-state index < -0.39 is 46.9 Å². The molecule has 0 radical (unpaired) electrons. The van der Waals surface area contributed by atoms with Crippen molar-refractivity contribution in [3.8, 4) is 0 Å². The van der Waals surface area contributed by atoms with Crippen LogP contribution < -0.4 is 51.4 Å². The first-order valence-electron chi connectivity index (χ1n) is 6.99. The van der Waals surface area contributed by atoms with E-state index in [-0.39, 0.29) is 69.5 Å². The number of aliphatic hydroxyl groups excluding tert-OH is 5. The van der Waals surface area contributed by atoms with Gasteiger partial charge in [-0.3, -0.25) is 4.28 Å². The second-order valence-corrected chi connectivity index (χ2v) is 7.10. The van der Waals surface area contributed by atoms with Gasteiger partial charge in [0, 0.05) is 6.61 Å². The van der Waals surface area contributed by atoms with E-state index in [1.807, 2.05) is 0 Å². The Morgan fingerprint density at radius 2 is 1.80 bits per heavy atom. The van der Waals surface area contributed by atoms with Gasteiger partial charge in [0.25, 0.3) is 10.4 Å². The average molecular weight is 430 g/mol. The van der Waals surface area contributed by atoms with Crippen LogP contribution in [0.3, 0.4) is 0 Å². The van der Waals surface area contributed by atoms with Crippen molar-refractivity contribution < 1.29 is 98.9 Å². The van der Waals surface area contributed by atoms with Gasteiger partial charge in [-0.15, -0.1) is 0 Å². The minimum Gasteiger partial charge on any atom is -0.714 e. The van der Waals surface area contributed by atoms with E-state index in [9.17, 15) is 28.3 Å². The minimum atomic E-state index is -5.07. The second-order valence-electron chi connectivity index (χ2n) is 4.96. The van der Waals surface area contributed by atoms with Gasteiger partial charge in [-0.1, -0.05) is 16.9 Å². The summed E-state index contributed by atoms with van der Waals surface area (Å²) in [5.41, 5.74) is -1.19. The van der Waals surface area contributed by atoms with Crippen molar-refractivity contribution >= 4 is 27.2 Å². The molecule has 0 saturated carbocycles. The van der Waals surface area contributed by atoms with Gasteiger partial charge >= 0.3 is 51.4 Å². The number of nitrogens with zero attached hydrogens (tertiary/aromatic N) is 1. The van der Waals surface area contributed by atoms with Gasteiger partial charge in [-0.2, -0.15) is 8.42 Å². The van der Waals surface area contributed by atoms with Gasteiger partial charge in [-0.05, 0) is 19.3 Å². The minimum absolute atomic E-state index is 0. The maximum Gasteiger partial charge on any atom is 1.00 e. The van der Waals surface area contributed by atoms with Gasteiger partial charge in [0.15, 0.2) is 0 Å². The summed E-state index contributed by atoms with van der Waals surface area (Å²) in [6.45, 7) is -0.733. The molecule has 1 aliphatic rings. The van der Waals surface area contributed by atoms with Crippen LogP contribution in [0, 0.1) is 0 Å². The molecule has 1 aliphatic heterocycles. The Bertz CT molecular complexity index is 517. The predicted molar refractivity (Wildman–Crippen MR) is 80.5 cm³/mol. The summed E-state index contributed by atoms with van der Waals surface area (Å²) in [7, 11) is -5.07. The third-order valence-electron chi connectivity index (χ3n) is 3.13. The summed E-state index contributed by atoms with van der Waals surface area (Å²) in [5.74, 6) is 0. The summed E-state index contributed by atoms with van der Waals surface area (Å²) in [5, 5.41) is 50.3. The first-order chi connectivity index (χ1) is 11.2. The van der Waals surface area contributed by atoms with Gasteiger partial charge in [-0.25, -0.2) is 0 Å². The molecular formula is C11H20KNO10S2. The van der Waals surface area contributed by atoms with Crippen LogP contribution >= 0.6 is 11.8 Å². The van der Waals surface area contributed by atoms with Crippen LogP contribution in [0.25, 0.3) is 0 Å². The molecule has 25 heavy (non-hydrogen) atoms. The Hall–Kier alpha value is 1.13. The number of rotatable bonds is 8. The molecule has 0 amide bonds. The van der Waals surface area contributed by atoms with E-state index in [0.717, 1.165) is 0 Å². The molecule has 0 aromatic rings. The zero-order valence-electron chi connectivity index (χ0n) is 13.5. The number of oxime groups is 1. The van der Waals surface area contributed by atoms with E-state index in [1.54, 1.807) is 0 Å². The van der Waals surface area contributed by atoms with E-state index in [1.165, 1.54) is 0 Å². The zero-order valence-corrected chi connectivity index (χ0v) is 18.2. The number of aliphatic hydroxyl groups is 5. The fraction of sp³-hybridized carbons (Fsp3) is 0.909. The van der Waals surface area contributed by atoms with Crippen LogP contribution in [0.15, 0.2) is 5.16 Å². The summed E-state index contributed by atoms with van der Waals surface area (Å²) in [6.07, 6.45) is -4.97. The van der Waals surface area contributed by atoms with Crippen LogP contribution in [-0.2, 0) is 19.4 Å². The molecule has 142 valence electrons. The third-order valence-corrected chi connectivity index (χ3v) is 4.56. The number of hydrogen-bond donors (Lipinski definition) is 5. The van der Waals surface area contributed by atoms with Crippen LogP contribution in [0.4, 0.5) is 0 Å². The fourth-order valence-electron chi connectivity index (χ4n) is 1.90. The Labute approximate surface area is 191 Å². The maximum absolute atomic E-state index is 10.5.